The van der Waals surface area contributed by atoms with E-state index in [4.69, 9.17) is 0 Å². The second kappa shape index (κ2) is 17.8. The van der Waals surface area contributed by atoms with Gasteiger partial charge in [0.05, 0.1) is 17.1 Å². The van der Waals surface area contributed by atoms with Crippen molar-refractivity contribution in [2.75, 3.05) is 14.7 Å². The summed E-state index contributed by atoms with van der Waals surface area (Å²) in [6.07, 6.45) is 12.0. The summed E-state index contributed by atoms with van der Waals surface area (Å²) in [5, 5.41) is 0.739. The molecule has 16 rings (SSSR count). The van der Waals surface area contributed by atoms with E-state index in [2.05, 4.69) is 0 Å². The first-order chi connectivity index (χ1) is 40.7. The van der Waals surface area contributed by atoms with Crippen LogP contribution in [-0.4, -0.2) is 104 Å². The Morgan fingerprint density at radius 2 is 0.369 bits per heavy atom. The molecule has 0 aromatic heterocycles. The van der Waals surface area contributed by atoms with E-state index in [1.54, 1.807) is 0 Å². The Balaban J connectivity index is 0.837. The molecule has 0 unspecified atom stereocenters. The normalized spacial score (nSPS) is 20.1. The van der Waals surface area contributed by atoms with E-state index in [-0.39, 0.29) is 134 Å². The van der Waals surface area contributed by atoms with Gasteiger partial charge in [-0.05, 0) is 130 Å². The zero-order valence-electron chi connectivity index (χ0n) is 45.1. The molecule has 7 aromatic rings. The zero-order chi connectivity index (χ0) is 57.5. The van der Waals surface area contributed by atoms with Crippen LogP contribution >= 0.6 is 0 Å². The molecule has 0 saturated heterocycles. The Kier molecular flexibility index (Phi) is 10.6. The average molecular weight is 1120 g/mol. The van der Waals surface area contributed by atoms with Crippen molar-refractivity contribution in [3.05, 3.63) is 158 Å². The van der Waals surface area contributed by atoms with Crippen molar-refractivity contribution < 1.29 is 57.5 Å². The Labute approximate surface area is 477 Å². The summed E-state index contributed by atoms with van der Waals surface area (Å²) in [7, 11) is 0. The van der Waals surface area contributed by atoms with Crippen molar-refractivity contribution >= 4 is 120 Å². The smallest absolute Gasteiger partial charge is 0.265 e. The SMILES string of the molecule is O=C1c2ccc3c4c(ccc(c24)C(=O)N1c1cc(N2C(=O)c4ccc5c6c(ccc(c46)C2=O)C(=O)N(C2CCCCC2)C5=O)cc(N2C(=O)c4ccc5c6c(ccc(c46)C2=O)C(=O)N(C2CCCCC2)C5=O)c1)C(=O)N(C1CCCCC1)C3=O. The Morgan fingerprint density at radius 1 is 0.214 bits per heavy atom. The van der Waals surface area contributed by atoms with Crippen LogP contribution in [0.5, 0.6) is 0 Å². The first-order valence-electron chi connectivity index (χ1n) is 29.0. The summed E-state index contributed by atoms with van der Waals surface area (Å²) in [4.78, 5) is 184. The summed E-state index contributed by atoms with van der Waals surface area (Å²) in [6.45, 7) is 0. The number of amides is 12. The van der Waals surface area contributed by atoms with Crippen LogP contribution in [0.25, 0.3) is 32.3 Å². The predicted octanol–water partition coefficient (Wildman–Crippen LogP) is 10.3. The minimum absolute atomic E-state index is 0.0567. The third-order valence-corrected chi connectivity index (χ3v) is 19.3. The summed E-state index contributed by atoms with van der Waals surface area (Å²) >= 11 is 0. The monoisotopic (exact) mass is 1120 g/mol. The van der Waals surface area contributed by atoms with Gasteiger partial charge >= 0.3 is 0 Å². The number of nitrogens with zero attached hydrogens (tertiary/aromatic N) is 6. The van der Waals surface area contributed by atoms with E-state index < -0.39 is 70.9 Å². The summed E-state index contributed by atoms with van der Waals surface area (Å²) in [5.41, 5.74) is -0.275. The molecule has 414 valence electrons. The summed E-state index contributed by atoms with van der Waals surface area (Å²) < 4.78 is 0. The molecule has 18 heteroatoms. The van der Waals surface area contributed by atoms with Gasteiger partial charge in [0.15, 0.2) is 0 Å². The second-order valence-electron chi connectivity index (χ2n) is 23.6. The van der Waals surface area contributed by atoms with Gasteiger partial charge in [-0.3, -0.25) is 72.2 Å². The third kappa shape index (κ3) is 6.55. The first-order valence-corrected chi connectivity index (χ1v) is 29.0. The number of imide groups is 6. The lowest BCUT2D eigenvalue weighted by atomic mass is 9.84. The minimum atomic E-state index is -0.927. The second-order valence-corrected chi connectivity index (χ2v) is 23.6. The number of carbonyl (C=O) groups excluding carboxylic acids is 12. The van der Waals surface area contributed by atoms with E-state index in [9.17, 15) is 28.8 Å². The molecule has 6 heterocycles. The Hall–Kier alpha value is -9.84. The van der Waals surface area contributed by atoms with E-state index >= 15 is 28.8 Å². The molecule has 0 N–H and O–H groups in total. The van der Waals surface area contributed by atoms with Crippen molar-refractivity contribution in [2.45, 2.75) is 114 Å². The van der Waals surface area contributed by atoms with Gasteiger partial charge in [0.1, 0.15) is 0 Å². The van der Waals surface area contributed by atoms with Crippen molar-refractivity contribution in [1.82, 2.24) is 14.7 Å². The van der Waals surface area contributed by atoms with Crippen LogP contribution < -0.4 is 14.7 Å². The van der Waals surface area contributed by atoms with Crippen LogP contribution in [0.15, 0.2) is 91.0 Å². The predicted molar refractivity (Wildman–Crippen MR) is 304 cm³/mol. The molecule has 9 aliphatic rings. The van der Waals surface area contributed by atoms with Gasteiger partial charge in [0, 0.05) is 117 Å². The standard InChI is InChI=1S/C66H48N6O12/c73-55-37-16-22-43-52-44(23-17-38(49(37)52)56(74)67(55)31-10-4-1-5-11-31)62(80)70(61(43)79)34-28-35(71-63(81)45-24-18-39-50-40(19-25-46(53(45)50)64(71)82)58(76)68(57(39)75)32-12-6-2-7-13-32)30-36(29-34)72-65(83)47-26-20-41-51-42(21-27-48(54(47)51)66(72)84)60(78)69(59(41)77)33-14-8-3-9-15-33/h16-33H,1-15H2. The van der Waals surface area contributed by atoms with Crippen LogP contribution in [0.1, 0.15) is 221 Å². The van der Waals surface area contributed by atoms with Gasteiger partial charge in [-0.2, -0.15) is 0 Å². The highest BCUT2D eigenvalue weighted by Crippen LogP contribution is 2.47. The lowest BCUT2D eigenvalue weighted by molar-refractivity contribution is 0.0487. The highest BCUT2D eigenvalue weighted by atomic mass is 16.2. The van der Waals surface area contributed by atoms with Gasteiger partial charge in [-0.25, -0.2) is 14.7 Å². The Morgan fingerprint density at radius 3 is 0.536 bits per heavy atom. The van der Waals surface area contributed by atoms with Gasteiger partial charge in [0.25, 0.3) is 70.9 Å². The first kappa shape index (κ1) is 49.9. The van der Waals surface area contributed by atoms with Gasteiger partial charge in [-0.1, -0.05) is 57.8 Å². The van der Waals surface area contributed by atoms with Gasteiger partial charge < -0.3 is 0 Å². The molecule has 0 bridgehead atoms. The maximum atomic E-state index is 15.3. The molecular weight excluding hydrogens is 1070 g/mol. The van der Waals surface area contributed by atoms with Crippen LogP contribution in [0, 0.1) is 0 Å². The molecule has 3 aliphatic carbocycles. The van der Waals surface area contributed by atoms with E-state index in [0.29, 0.717) is 38.5 Å². The largest absolute Gasteiger partial charge is 0.271 e. The minimum Gasteiger partial charge on any atom is -0.271 e. The number of carbonyl (C=O) groups is 12. The number of benzene rings is 7. The van der Waals surface area contributed by atoms with Crippen molar-refractivity contribution in [3.63, 3.8) is 0 Å². The molecule has 12 amide bonds. The van der Waals surface area contributed by atoms with Crippen molar-refractivity contribution in [3.8, 4) is 0 Å². The van der Waals surface area contributed by atoms with Crippen molar-refractivity contribution in [2.24, 2.45) is 0 Å². The zero-order valence-corrected chi connectivity index (χ0v) is 45.1. The molecule has 3 fully saturated rings. The number of hydrogen-bond acceptors (Lipinski definition) is 12. The van der Waals surface area contributed by atoms with E-state index in [1.165, 1.54) is 106 Å². The van der Waals surface area contributed by atoms with Crippen molar-refractivity contribution in [1.29, 1.82) is 0 Å². The molecule has 0 spiro atoms. The molecule has 3 saturated carbocycles. The van der Waals surface area contributed by atoms with Gasteiger partial charge in [0.2, 0.25) is 0 Å². The maximum Gasteiger partial charge on any atom is 0.265 e. The lowest BCUT2D eigenvalue weighted by Crippen LogP contribution is -2.48. The van der Waals surface area contributed by atoms with Crippen LogP contribution in [0.3, 0.4) is 0 Å². The summed E-state index contributed by atoms with van der Waals surface area (Å²) in [5.74, 6) is -8.74. The highest BCUT2D eigenvalue weighted by molar-refractivity contribution is 6.43. The quantitative estimate of drug-likeness (QED) is 0.142. The fourth-order valence-corrected chi connectivity index (χ4v) is 15.4. The van der Waals surface area contributed by atoms with E-state index in [1.807, 2.05) is 0 Å². The number of rotatable bonds is 6. The van der Waals surface area contributed by atoms with Crippen LogP contribution in [-0.2, 0) is 0 Å². The van der Waals surface area contributed by atoms with Gasteiger partial charge in [-0.15, -0.1) is 0 Å². The summed E-state index contributed by atoms with van der Waals surface area (Å²) in [6, 6.07) is 20.0. The van der Waals surface area contributed by atoms with Crippen LogP contribution in [0.4, 0.5) is 17.1 Å². The lowest BCUT2D eigenvalue weighted by Gasteiger charge is -2.37. The number of hydrogen-bond donors (Lipinski definition) is 0. The van der Waals surface area contributed by atoms with E-state index in [0.717, 1.165) is 72.5 Å². The van der Waals surface area contributed by atoms with Crippen LogP contribution in [0.2, 0.25) is 0 Å². The molecule has 18 nitrogen and oxygen atoms in total. The Bertz CT molecular complexity index is 3800. The highest BCUT2D eigenvalue weighted by Gasteiger charge is 2.48. The molecule has 0 radical (unpaired) electrons. The number of anilines is 3. The third-order valence-electron chi connectivity index (χ3n) is 19.3. The fourth-order valence-electron chi connectivity index (χ4n) is 15.4. The molecule has 84 heavy (non-hydrogen) atoms. The molecular formula is C66H48N6O12. The topological polar surface area (TPSA) is 224 Å². The maximum absolute atomic E-state index is 15.3. The molecule has 6 aliphatic heterocycles. The fraction of sp³-hybridized carbons (Fsp3) is 0.273. The average Bonchev–Trinajstić information content (AvgIpc) is 0.982. The molecule has 0 atom stereocenters. The molecule has 7 aromatic carbocycles.